The third-order valence-corrected chi connectivity index (χ3v) is 2.66. The van der Waals surface area contributed by atoms with Crippen LogP contribution in [0.15, 0.2) is 23.0 Å². The van der Waals surface area contributed by atoms with Gasteiger partial charge in [0.25, 0.3) is 0 Å². The molecule has 3 N–H and O–H groups in total. The van der Waals surface area contributed by atoms with Gasteiger partial charge in [-0.2, -0.15) is 10.4 Å². The van der Waals surface area contributed by atoms with E-state index < -0.39 is 0 Å². The van der Waals surface area contributed by atoms with Crippen LogP contribution in [0.2, 0.25) is 5.02 Å². The van der Waals surface area contributed by atoms with E-state index in [1.807, 2.05) is 0 Å². The molecule has 18 heavy (non-hydrogen) atoms. The van der Waals surface area contributed by atoms with E-state index in [1.54, 1.807) is 18.2 Å². The van der Waals surface area contributed by atoms with Crippen LogP contribution in [0.3, 0.4) is 0 Å². The molecule has 0 fully saturated rings. The van der Waals surface area contributed by atoms with Crippen LogP contribution in [0, 0.1) is 11.3 Å². The Kier molecular flexibility index (Phi) is 3.65. The number of hydrogen-bond donors (Lipinski definition) is 3. The number of anilines is 1. The highest BCUT2D eigenvalue weighted by Gasteiger charge is 2.06. The maximum Gasteiger partial charge on any atom is 0.340 e. The van der Waals surface area contributed by atoms with Crippen LogP contribution < -0.4 is 11.0 Å². The molecule has 92 valence electrons. The lowest BCUT2D eigenvalue weighted by Crippen LogP contribution is -2.08. The van der Waals surface area contributed by atoms with E-state index in [0.29, 0.717) is 35.1 Å². The summed E-state index contributed by atoms with van der Waals surface area (Å²) < 4.78 is 0. The molecule has 0 aliphatic heterocycles. The van der Waals surface area contributed by atoms with E-state index in [-0.39, 0.29) is 5.69 Å². The zero-order chi connectivity index (χ0) is 13.0. The molecule has 0 saturated heterocycles. The second kappa shape index (κ2) is 5.38. The molecular formula is C11H10ClN5O. The van der Waals surface area contributed by atoms with Crippen molar-refractivity contribution in [3.63, 3.8) is 0 Å². The third kappa shape index (κ3) is 2.70. The molecule has 0 aliphatic rings. The molecule has 0 unspecified atom stereocenters. The van der Waals surface area contributed by atoms with E-state index in [0.717, 1.165) is 0 Å². The molecule has 1 aromatic heterocycles. The maximum absolute atomic E-state index is 10.8. The van der Waals surface area contributed by atoms with Crippen LogP contribution >= 0.6 is 11.6 Å². The number of nitriles is 1. The number of rotatable bonds is 4. The predicted octanol–water partition coefficient (Wildman–Crippen LogP) is 1.28. The monoisotopic (exact) mass is 263 g/mol. The van der Waals surface area contributed by atoms with Gasteiger partial charge in [0, 0.05) is 13.0 Å². The first-order valence-corrected chi connectivity index (χ1v) is 5.64. The molecule has 1 heterocycles. The molecule has 0 atom stereocenters. The van der Waals surface area contributed by atoms with Crippen LogP contribution in [0.5, 0.6) is 0 Å². The summed E-state index contributed by atoms with van der Waals surface area (Å²) in [5, 5.41) is 18.6. The van der Waals surface area contributed by atoms with Gasteiger partial charge >= 0.3 is 5.69 Å². The van der Waals surface area contributed by atoms with Gasteiger partial charge in [0.15, 0.2) is 0 Å². The van der Waals surface area contributed by atoms with Crippen molar-refractivity contribution in [2.75, 3.05) is 11.9 Å². The van der Waals surface area contributed by atoms with Gasteiger partial charge in [-0.1, -0.05) is 17.7 Å². The van der Waals surface area contributed by atoms with E-state index in [1.165, 1.54) is 0 Å². The van der Waals surface area contributed by atoms with Crippen molar-refractivity contribution >= 4 is 17.3 Å². The fourth-order valence-corrected chi connectivity index (χ4v) is 1.77. The van der Waals surface area contributed by atoms with Gasteiger partial charge in [-0.15, -0.1) is 0 Å². The van der Waals surface area contributed by atoms with Crippen LogP contribution in [0.1, 0.15) is 11.4 Å². The van der Waals surface area contributed by atoms with Crippen LogP contribution in [0.4, 0.5) is 5.69 Å². The van der Waals surface area contributed by atoms with E-state index >= 15 is 0 Å². The predicted molar refractivity (Wildman–Crippen MR) is 67.6 cm³/mol. The van der Waals surface area contributed by atoms with Crippen molar-refractivity contribution in [1.82, 2.24) is 15.2 Å². The topological polar surface area (TPSA) is 97.4 Å². The van der Waals surface area contributed by atoms with Crippen molar-refractivity contribution < 1.29 is 0 Å². The lowest BCUT2D eigenvalue weighted by atomic mass is 10.2. The molecule has 6 nitrogen and oxygen atoms in total. The highest BCUT2D eigenvalue weighted by molar-refractivity contribution is 6.33. The Hall–Kier alpha value is -2.26. The van der Waals surface area contributed by atoms with E-state index in [2.05, 4.69) is 26.6 Å². The normalized spacial score (nSPS) is 10.0. The second-order valence-corrected chi connectivity index (χ2v) is 3.98. The molecule has 0 spiro atoms. The minimum atomic E-state index is -0.333. The smallest absolute Gasteiger partial charge is 0.340 e. The summed E-state index contributed by atoms with van der Waals surface area (Å²) in [4.78, 5) is 13.4. The molecule has 1 aromatic carbocycles. The Labute approximate surface area is 108 Å². The number of nitrogens with one attached hydrogen (secondary N) is 3. The van der Waals surface area contributed by atoms with Crippen molar-refractivity contribution in [2.45, 2.75) is 6.42 Å². The van der Waals surface area contributed by atoms with Gasteiger partial charge in [0.2, 0.25) is 0 Å². The highest BCUT2D eigenvalue weighted by Crippen LogP contribution is 2.25. The number of benzene rings is 1. The summed E-state index contributed by atoms with van der Waals surface area (Å²) in [6, 6.07) is 7.18. The standard InChI is InChI=1S/C11H10ClN5O/c12-8-3-1-2-7(6-13)10(8)14-5-4-9-15-11(18)17-16-9/h1-3,14H,4-5H2,(H2,15,16,17,18). The van der Waals surface area contributed by atoms with Crippen molar-refractivity contribution in [2.24, 2.45) is 0 Å². The molecule has 0 amide bonds. The highest BCUT2D eigenvalue weighted by atomic mass is 35.5. The van der Waals surface area contributed by atoms with Crippen molar-refractivity contribution in [3.8, 4) is 6.07 Å². The number of halogens is 1. The van der Waals surface area contributed by atoms with Gasteiger partial charge in [0.05, 0.1) is 16.3 Å². The minimum absolute atomic E-state index is 0.333. The lowest BCUT2D eigenvalue weighted by Gasteiger charge is -2.08. The number of aromatic nitrogens is 3. The number of nitrogens with zero attached hydrogens (tertiary/aromatic N) is 2. The van der Waals surface area contributed by atoms with Crippen molar-refractivity contribution in [1.29, 1.82) is 5.26 Å². The number of para-hydroxylation sites is 1. The molecular weight excluding hydrogens is 254 g/mol. The summed E-state index contributed by atoms with van der Waals surface area (Å²) in [6.07, 6.45) is 0.523. The van der Waals surface area contributed by atoms with Gasteiger partial charge in [-0.05, 0) is 12.1 Å². The molecule has 0 saturated carbocycles. The lowest BCUT2D eigenvalue weighted by molar-refractivity contribution is 0.901. The first-order valence-electron chi connectivity index (χ1n) is 5.27. The average Bonchev–Trinajstić information content (AvgIpc) is 2.77. The fraction of sp³-hybridized carbons (Fsp3) is 0.182. The largest absolute Gasteiger partial charge is 0.382 e. The van der Waals surface area contributed by atoms with E-state index in [4.69, 9.17) is 16.9 Å². The molecule has 7 heteroatoms. The Morgan fingerprint density at radius 3 is 3.00 bits per heavy atom. The second-order valence-electron chi connectivity index (χ2n) is 3.58. The number of H-pyrrole nitrogens is 2. The number of hydrogen-bond acceptors (Lipinski definition) is 4. The zero-order valence-corrected chi connectivity index (χ0v) is 10.1. The Morgan fingerprint density at radius 2 is 2.33 bits per heavy atom. The average molecular weight is 264 g/mol. The number of aromatic amines is 2. The van der Waals surface area contributed by atoms with Gasteiger partial charge in [-0.3, -0.25) is 4.98 Å². The Morgan fingerprint density at radius 1 is 1.50 bits per heavy atom. The summed E-state index contributed by atoms with van der Waals surface area (Å²) in [6.45, 7) is 0.513. The minimum Gasteiger partial charge on any atom is -0.382 e. The first kappa shape index (κ1) is 12.2. The van der Waals surface area contributed by atoms with Crippen LogP contribution in [-0.2, 0) is 6.42 Å². The Balaban J connectivity index is 2.03. The summed E-state index contributed by atoms with van der Waals surface area (Å²) in [5.74, 6) is 0.554. The van der Waals surface area contributed by atoms with Gasteiger partial charge < -0.3 is 5.32 Å². The van der Waals surface area contributed by atoms with Crippen molar-refractivity contribution in [3.05, 3.63) is 45.1 Å². The summed E-state index contributed by atoms with van der Waals surface area (Å²) in [7, 11) is 0. The summed E-state index contributed by atoms with van der Waals surface area (Å²) >= 11 is 6.00. The van der Waals surface area contributed by atoms with Crippen LogP contribution in [0.25, 0.3) is 0 Å². The quantitative estimate of drug-likeness (QED) is 0.774. The molecule has 0 bridgehead atoms. The van der Waals surface area contributed by atoms with Crippen LogP contribution in [-0.4, -0.2) is 21.7 Å². The van der Waals surface area contributed by atoms with Gasteiger partial charge in [-0.25, -0.2) is 9.89 Å². The summed E-state index contributed by atoms with van der Waals surface area (Å²) in [5.41, 5.74) is 0.748. The van der Waals surface area contributed by atoms with E-state index in [9.17, 15) is 4.79 Å². The SMILES string of the molecule is N#Cc1cccc(Cl)c1NCCc1n[nH]c(=O)[nH]1. The zero-order valence-electron chi connectivity index (χ0n) is 9.33. The molecule has 0 radical (unpaired) electrons. The molecule has 2 rings (SSSR count). The first-order chi connectivity index (χ1) is 8.70. The van der Waals surface area contributed by atoms with Gasteiger partial charge in [0.1, 0.15) is 11.9 Å². The third-order valence-electron chi connectivity index (χ3n) is 2.35. The Bertz CT molecular complexity index is 639. The molecule has 0 aliphatic carbocycles. The fourth-order valence-electron chi connectivity index (χ4n) is 1.53. The molecule has 2 aromatic rings. The maximum atomic E-state index is 10.8.